The van der Waals surface area contributed by atoms with Gasteiger partial charge in [0.05, 0.1) is 11.1 Å². The molecule has 0 aliphatic carbocycles. The zero-order valence-corrected chi connectivity index (χ0v) is 13.5. The lowest BCUT2D eigenvalue weighted by molar-refractivity contribution is 0.0708. The third-order valence-electron chi connectivity index (χ3n) is 3.49. The van der Waals surface area contributed by atoms with Crippen LogP contribution in [0.2, 0.25) is 0 Å². The van der Waals surface area contributed by atoms with Crippen molar-refractivity contribution in [2.45, 2.75) is 33.2 Å². The molecule has 112 valence electrons. The fourth-order valence-corrected chi connectivity index (χ4v) is 2.58. The van der Waals surface area contributed by atoms with Crippen molar-refractivity contribution in [3.63, 3.8) is 0 Å². The molecule has 0 saturated heterocycles. The van der Waals surface area contributed by atoms with E-state index in [0.717, 1.165) is 28.6 Å². The number of amides is 1. The minimum Gasteiger partial charge on any atom is -0.336 e. The van der Waals surface area contributed by atoms with E-state index in [9.17, 15) is 4.79 Å². The van der Waals surface area contributed by atoms with Gasteiger partial charge in [-0.1, -0.05) is 18.2 Å². The number of hydrogen-bond acceptors (Lipinski definition) is 2. The summed E-state index contributed by atoms with van der Waals surface area (Å²) in [6.45, 7) is 6.65. The van der Waals surface area contributed by atoms with E-state index in [1.165, 1.54) is 0 Å². The van der Waals surface area contributed by atoms with Crippen molar-refractivity contribution < 1.29 is 4.79 Å². The van der Waals surface area contributed by atoms with Gasteiger partial charge in [-0.15, -0.1) is 11.6 Å². The Morgan fingerprint density at radius 1 is 1.33 bits per heavy atom. The highest BCUT2D eigenvalue weighted by molar-refractivity contribution is 6.17. The largest absolute Gasteiger partial charge is 0.336 e. The van der Waals surface area contributed by atoms with E-state index in [2.05, 4.69) is 4.98 Å². The maximum atomic E-state index is 12.9. The van der Waals surface area contributed by atoms with Crippen molar-refractivity contribution in [2.75, 3.05) is 12.4 Å². The zero-order valence-electron chi connectivity index (χ0n) is 12.8. The van der Waals surface area contributed by atoms with Crippen molar-refractivity contribution in [1.29, 1.82) is 0 Å². The first kappa shape index (κ1) is 15.8. The van der Waals surface area contributed by atoms with Crippen molar-refractivity contribution in [1.82, 2.24) is 9.88 Å². The molecule has 0 N–H and O–H groups in total. The summed E-state index contributed by atoms with van der Waals surface area (Å²) in [6, 6.07) is 9.80. The quantitative estimate of drug-likeness (QED) is 0.782. The third-order valence-corrected chi connectivity index (χ3v) is 3.76. The first-order chi connectivity index (χ1) is 10.0. The molecule has 1 aromatic carbocycles. The Labute approximate surface area is 130 Å². The van der Waals surface area contributed by atoms with Crippen molar-refractivity contribution in [3.05, 3.63) is 41.6 Å². The fourth-order valence-electron chi connectivity index (χ4n) is 2.46. The van der Waals surface area contributed by atoms with Crippen LogP contribution in [0, 0.1) is 6.92 Å². The van der Waals surface area contributed by atoms with Crippen LogP contribution in [0.5, 0.6) is 0 Å². The molecule has 0 spiro atoms. The van der Waals surface area contributed by atoms with Crippen LogP contribution in [-0.2, 0) is 0 Å². The average Bonchev–Trinajstić information content (AvgIpc) is 2.46. The molecule has 0 aliphatic heterocycles. The van der Waals surface area contributed by atoms with E-state index in [1.54, 1.807) is 0 Å². The number of para-hydroxylation sites is 1. The van der Waals surface area contributed by atoms with Gasteiger partial charge in [-0.2, -0.15) is 0 Å². The van der Waals surface area contributed by atoms with E-state index < -0.39 is 0 Å². The van der Waals surface area contributed by atoms with Crippen LogP contribution in [0.1, 0.15) is 36.3 Å². The number of alkyl halides is 1. The lowest BCUT2D eigenvalue weighted by Crippen LogP contribution is -2.38. The van der Waals surface area contributed by atoms with Crippen molar-refractivity contribution in [3.8, 4) is 0 Å². The molecule has 2 aromatic rings. The van der Waals surface area contributed by atoms with Gasteiger partial charge >= 0.3 is 0 Å². The number of hydrogen-bond donors (Lipinski definition) is 0. The van der Waals surface area contributed by atoms with E-state index in [4.69, 9.17) is 11.6 Å². The monoisotopic (exact) mass is 304 g/mol. The molecule has 0 fully saturated rings. The summed E-state index contributed by atoms with van der Waals surface area (Å²) in [5.74, 6) is 0.615. The highest BCUT2D eigenvalue weighted by Gasteiger charge is 2.20. The lowest BCUT2D eigenvalue weighted by Gasteiger charge is -2.27. The molecule has 3 nitrogen and oxygen atoms in total. The first-order valence-electron chi connectivity index (χ1n) is 7.28. The Bertz CT molecular complexity index is 640. The molecule has 0 atom stereocenters. The standard InChI is InChI=1S/C17H21ClN2O/c1-12(2)20(10-6-9-18)17(21)15-11-13(3)19-16-8-5-4-7-14(15)16/h4-5,7-8,11-12H,6,9-10H2,1-3H3. The first-order valence-corrected chi connectivity index (χ1v) is 7.81. The fraction of sp³-hybridized carbons (Fsp3) is 0.412. The molecule has 2 rings (SSSR count). The normalized spacial score (nSPS) is 11.1. The molecule has 4 heteroatoms. The van der Waals surface area contributed by atoms with Gasteiger partial charge in [0, 0.05) is 29.5 Å². The van der Waals surface area contributed by atoms with Gasteiger partial charge in [0.15, 0.2) is 0 Å². The molecule has 0 aliphatic rings. The number of aryl methyl sites for hydroxylation is 1. The molecule has 0 bridgehead atoms. The summed E-state index contributed by atoms with van der Waals surface area (Å²) in [4.78, 5) is 19.3. The Kier molecular flexibility index (Phi) is 5.18. The van der Waals surface area contributed by atoms with Crippen LogP contribution in [0.3, 0.4) is 0 Å². The SMILES string of the molecule is Cc1cc(C(=O)N(CCCCl)C(C)C)c2ccccc2n1. The second-order valence-corrected chi connectivity index (χ2v) is 5.84. The Hall–Kier alpha value is -1.61. The van der Waals surface area contributed by atoms with Crippen LogP contribution in [0.15, 0.2) is 30.3 Å². The number of nitrogens with zero attached hydrogens (tertiary/aromatic N) is 2. The Morgan fingerprint density at radius 3 is 2.71 bits per heavy atom. The van der Waals surface area contributed by atoms with Crippen LogP contribution in [0.4, 0.5) is 0 Å². The predicted octanol–water partition coefficient (Wildman–Crippen LogP) is 4.02. The van der Waals surface area contributed by atoms with Gasteiger partial charge in [0.1, 0.15) is 0 Å². The minimum atomic E-state index is 0.0526. The summed E-state index contributed by atoms with van der Waals surface area (Å²) in [7, 11) is 0. The molecule has 1 aromatic heterocycles. The van der Waals surface area contributed by atoms with Gasteiger partial charge < -0.3 is 4.90 Å². The van der Waals surface area contributed by atoms with Crippen LogP contribution in [0.25, 0.3) is 10.9 Å². The number of benzene rings is 1. The van der Waals surface area contributed by atoms with Crippen LogP contribution in [-0.4, -0.2) is 34.3 Å². The average molecular weight is 305 g/mol. The van der Waals surface area contributed by atoms with Gasteiger partial charge in [-0.3, -0.25) is 9.78 Å². The Balaban J connectivity index is 2.46. The van der Waals surface area contributed by atoms with Gasteiger partial charge in [0.25, 0.3) is 5.91 Å². The molecule has 0 saturated carbocycles. The number of halogens is 1. The molecule has 1 heterocycles. The number of carbonyl (C=O) groups is 1. The Morgan fingerprint density at radius 2 is 2.05 bits per heavy atom. The van der Waals surface area contributed by atoms with Gasteiger partial charge in [-0.25, -0.2) is 0 Å². The zero-order chi connectivity index (χ0) is 15.4. The second kappa shape index (κ2) is 6.90. The number of carbonyl (C=O) groups excluding carboxylic acids is 1. The van der Waals surface area contributed by atoms with E-state index in [1.807, 2.05) is 56.0 Å². The molecular formula is C17H21ClN2O. The molecule has 1 amide bonds. The van der Waals surface area contributed by atoms with Crippen molar-refractivity contribution in [2.24, 2.45) is 0 Å². The maximum absolute atomic E-state index is 12.9. The summed E-state index contributed by atoms with van der Waals surface area (Å²) in [5.41, 5.74) is 2.45. The summed E-state index contributed by atoms with van der Waals surface area (Å²) >= 11 is 5.77. The van der Waals surface area contributed by atoms with Gasteiger partial charge in [-0.05, 0) is 39.3 Å². The van der Waals surface area contributed by atoms with Gasteiger partial charge in [0.2, 0.25) is 0 Å². The van der Waals surface area contributed by atoms with Crippen LogP contribution >= 0.6 is 11.6 Å². The lowest BCUT2D eigenvalue weighted by atomic mass is 10.1. The highest BCUT2D eigenvalue weighted by Crippen LogP contribution is 2.21. The van der Waals surface area contributed by atoms with E-state index in [-0.39, 0.29) is 11.9 Å². The van der Waals surface area contributed by atoms with Crippen LogP contribution < -0.4 is 0 Å². The maximum Gasteiger partial charge on any atom is 0.254 e. The molecule has 0 radical (unpaired) electrons. The smallest absolute Gasteiger partial charge is 0.254 e. The predicted molar refractivity (Wildman–Crippen MR) is 88.0 cm³/mol. The molecule has 21 heavy (non-hydrogen) atoms. The minimum absolute atomic E-state index is 0.0526. The summed E-state index contributed by atoms with van der Waals surface area (Å²) < 4.78 is 0. The van der Waals surface area contributed by atoms with Crippen molar-refractivity contribution >= 4 is 28.4 Å². The third kappa shape index (κ3) is 3.53. The second-order valence-electron chi connectivity index (χ2n) is 5.46. The number of rotatable bonds is 5. The summed E-state index contributed by atoms with van der Waals surface area (Å²) in [5, 5.41) is 0.907. The molecular weight excluding hydrogens is 284 g/mol. The topological polar surface area (TPSA) is 33.2 Å². The van der Waals surface area contributed by atoms with E-state index >= 15 is 0 Å². The summed E-state index contributed by atoms with van der Waals surface area (Å²) in [6.07, 6.45) is 0.799. The molecule has 0 unspecified atom stereocenters. The van der Waals surface area contributed by atoms with E-state index in [0.29, 0.717) is 12.4 Å². The number of fused-ring (bicyclic) bond motifs is 1. The highest BCUT2D eigenvalue weighted by atomic mass is 35.5. The number of aromatic nitrogens is 1. The number of pyridine rings is 1.